The number of nitrogens with zero attached hydrogens (tertiary/aromatic N) is 3. The van der Waals surface area contributed by atoms with Gasteiger partial charge in [-0.2, -0.15) is 0 Å². The van der Waals surface area contributed by atoms with Gasteiger partial charge in [-0.1, -0.05) is 24.3 Å². The smallest absolute Gasteiger partial charge is 0.274 e. The largest absolute Gasteiger partial charge is 0.493 e. The maximum absolute atomic E-state index is 13.2. The number of unbranched alkanes of at least 4 members (excludes halogenated alkanes) is 2. The predicted molar refractivity (Wildman–Crippen MR) is 182 cm³/mol. The van der Waals surface area contributed by atoms with Crippen LogP contribution >= 0.6 is 0 Å². The van der Waals surface area contributed by atoms with Crippen molar-refractivity contribution < 1.29 is 38.7 Å². The van der Waals surface area contributed by atoms with Gasteiger partial charge < -0.3 is 18.9 Å². The molecule has 1 fully saturated rings. The summed E-state index contributed by atoms with van der Waals surface area (Å²) in [5.74, 6) is -1.65. The zero-order chi connectivity index (χ0) is 35.2. The SMILES string of the molecule is CN(CCCCCOc1cccc2c1C(=O)N(C1CCC(=O)NC1=O)C2=O)Cc1cccc(OCCn2ccc3ccc(C(=O)NO)cc32)c1. The third kappa shape index (κ3) is 7.53. The van der Waals surface area contributed by atoms with E-state index < -0.39 is 35.6 Å². The summed E-state index contributed by atoms with van der Waals surface area (Å²) >= 11 is 0. The molecule has 13 heteroatoms. The summed E-state index contributed by atoms with van der Waals surface area (Å²) in [7, 11) is 2.07. The van der Waals surface area contributed by atoms with Crippen LogP contribution in [0.1, 0.15) is 68.7 Å². The van der Waals surface area contributed by atoms with Gasteiger partial charge in [0, 0.05) is 30.2 Å². The second-order valence-electron chi connectivity index (χ2n) is 12.5. The lowest BCUT2D eigenvalue weighted by atomic mass is 10.0. The van der Waals surface area contributed by atoms with Crippen LogP contribution in [-0.2, 0) is 22.7 Å². The molecule has 3 N–H and O–H groups in total. The first kappa shape index (κ1) is 34.3. The van der Waals surface area contributed by atoms with Gasteiger partial charge in [-0.05, 0) is 92.7 Å². The van der Waals surface area contributed by atoms with Crippen molar-refractivity contribution in [2.24, 2.45) is 0 Å². The highest BCUT2D eigenvalue weighted by Crippen LogP contribution is 2.33. The van der Waals surface area contributed by atoms with Gasteiger partial charge in [-0.3, -0.25) is 39.4 Å². The average Bonchev–Trinajstić information content (AvgIpc) is 3.63. The van der Waals surface area contributed by atoms with Crippen molar-refractivity contribution in [1.29, 1.82) is 0 Å². The summed E-state index contributed by atoms with van der Waals surface area (Å²) in [6, 6.07) is 19.1. The molecule has 0 spiro atoms. The van der Waals surface area contributed by atoms with Crippen molar-refractivity contribution in [2.75, 3.05) is 26.8 Å². The number of fused-ring (bicyclic) bond motifs is 2. The molecule has 1 aromatic heterocycles. The van der Waals surface area contributed by atoms with E-state index in [0.717, 1.165) is 59.5 Å². The number of nitrogens with one attached hydrogen (secondary N) is 2. The van der Waals surface area contributed by atoms with Gasteiger partial charge in [-0.25, -0.2) is 5.48 Å². The number of amides is 5. The molecule has 13 nitrogen and oxygen atoms in total. The maximum atomic E-state index is 13.2. The fourth-order valence-corrected chi connectivity index (χ4v) is 6.42. The van der Waals surface area contributed by atoms with E-state index in [1.54, 1.807) is 35.8 Å². The second-order valence-corrected chi connectivity index (χ2v) is 12.5. The first-order valence-electron chi connectivity index (χ1n) is 16.6. The van der Waals surface area contributed by atoms with Crippen molar-refractivity contribution in [3.05, 3.63) is 95.2 Å². The van der Waals surface area contributed by atoms with E-state index in [1.165, 1.54) is 0 Å². The first-order valence-corrected chi connectivity index (χ1v) is 16.6. The number of carbonyl (C=O) groups is 5. The van der Waals surface area contributed by atoms with E-state index in [-0.39, 0.29) is 24.0 Å². The van der Waals surface area contributed by atoms with Gasteiger partial charge in [0.15, 0.2) is 0 Å². The molecule has 6 rings (SSSR count). The molecule has 5 amide bonds. The Balaban J connectivity index is 0.922. The van der Waals surface area contributed by atoms with E-state index in [9.17, 15) is 24.0 Å². The normalized spacial score (nSPS) is 15.8. The minimum absolute atomic E-state index is 0.0654. The van der Waals surface area contributed by atoms with Gasteiger partial charge in [-0.15, -0.1) is 0 Å². The molecular weight excluding hydrogens is 642 g/mol. The fraction of sp³-hybridized carbons (Fsp3) is 0.324. The molecule has 4 aromatic rings. The van der Waals surface area contributed by atoms with Crippen LogP contribution in [0, 0.1) is 0 Å². The molecule has 3 heterocycles. The summed E-state index contributed by atoms with van der Waals surface area (Å²) < 4.78 is 14.0. The van der Waals surface area contributed by atoms with E-state index in [1.807, 2.05) is 41.1 Å². The molecule has 2 aliphatic rings. The molecule has 1 saturated heterocycles. The number of benzene rings is 3. The number of hydroxylamine groups is 1. The summed E-state index contributed by atoms with van der Waals surface area (Å²) in [5.41, 5.74) is 4.42. The fourth-order valence-electron chi connectivity index (χ4n) is 6.42. The highest BCUT2D eigenvalue weighted by Gasteiger charge is 2.46. The molecule has 260 valence electrons. The summed E-state index contributed by atoms with van der Waals surface area (Å²) in [4.78, 5) is 65.2. The Labute approximate surface area is 288 Å². The van der Waals surface area contributed by atoms with Crippen molar-refractivity contribution in [1.82, 2.24) is 25.2 Å². The quantitative estimate of drug-likeness (QED) is 0.0732. The van der Waals surface area contributed by atoms with Gasteiger partial charge >= 0.3 is 0 Å². The van der Waals surface area contributed by atoms with Gasteiger partial charge in [0.05, 0.1) is 24.3 Å². The van der Waals surface area contributed by atoms with Crippen LogP contribution in [0.4, 0.5) is 0 Å². The lowest BCUT2D eigenvalue weighted by Crippen LogP contribution is -2.54. The molecule has 1 unspecified atom stereocenters. The standard InChI is InChI=1S/C37H39N5O8/c1-40(23-24-7-5-8-27(21-24)49-20-18-41-17-15-25-11-12-26(22-30(25)41)34(44)39-48)16-3-2-4-19-50-31-10-6-9-28-33(31)37(47)42(36(28)46)29-13-14-32(43)38-35(29)45/h5-12,15,17,21-22,29,48H,2-4,13-14,16,18-20,23H2,1H3,(H,39,44)(H,38,43,45). The molecule has 50 heavy (non-hydrogen) atoms. The minimum Gasteiger partial charge on any atom is -0.493 e. The van der Waals surface area contributed by atoms with Crippen LogP contribution in [0.25, 0.3) is 10.9 Å². The zero-order valence-corrected chi connectivity index (χ0v) is 27.7. The van der Waals surface area contributed by atoms with Crippen LogP contribution < -0.4 is 20.3 Å². The van der Waals surface area contributed by atoms with Crippen molar-refractivity contribution >= 4 is 40.4 Å². The number of hydrogen-bond donors (Lipinski definition) is 3. The molecule has 0 bridgehead atoms. The molecule has 3 aromatic carbocycles. The van der Waals surface area contributed by atoms with Crippen LogP contribution in [0.15, 0.2) is 72.9 Å². The van der Waals surface area contributed by atoms with E-state index in [4.69, 9.17) is 14.7 Å². The number of rotatable bonds is 15. The van der Waals surface area contributed by atoms with Crippen molar-refractivity contribution in [2.45, 2.75) is 51.2 Å². The Bertz CT molecular complexity index is 1940. The molecule has 1 atom stereocenters. The summed E-state index contributed by atoms with van der Waals surface area (Å²) in [6.07, 6.45) is 4.71. The first-order chi connectivity index (χ1) is 24.2. The molecule has 0 radical (unpaired) electrons. The highest BCUT2D eigenvalue weighted by molar-refractivity contribution is 6.24. The highest BCUT2D eigenvalue weighted by atomic mass is 16.5. The van der Waals surface area contributed by atoms with Gasteiger partial charge in [0.1, 0.15) is 24.1 Å². The molecule has 0 aliphatic carbocycles. The van der Waals surface area contributed by atoms with Crippen molar-refractivity contribution in [3.63, 3.8) is 0 Å². The second kappa shape index (κ2) is 15.3. The Kier molecular flexibility index (Phi) is 10.5. The van der Waals surface area contributed by atoms with Crippen LogP contribution in [0.5, 0.6) is 11.5 Å². The Morgan fingerprint density at radius 3 is 2.62 bits per heavy atom. The van der Waals surface area contributed by atoms with Crippen LogP contribution in [-0.4, -0.2) is 82.0 Å². The zero-order valence-electron chi connectivity index (χ0n) is 27.7. The Hall–Kier alpha value is -5.53. The number of aromatic nitrogens is 1. The number of piperidine rings is 1. The Morgan fingerprint density at radius 2 is 1.80 bits per heavy atom. The predicted octanol–water partition coefficient (Wildman–Crippen LogP) is 3.92. The number of imide groups is 2. The van der Waals surface area contributed by atoms with Crippen LogP contribution in [0.2, 0.25) is 0 Å². The Morgan fingerprint density at radius 1 is 0.960 bits per heavy atom. The summed E-state index contributed by atoms with van der Waals surface area (Å²) in [6.45, 7) is 3.02. The number of carbonyl (C=O) groups excluding carboxylic acids is 5. The molecular formula is C37H39N5O8. The lowest BCUT2D eigenvalue weighted by Gasteiger charge is -2.27. The lowest BCUT2D eigenvalue weighted by molar-refractivity contribution is -0.136. The summed E-state index contributed by atoms with van der Waals surface area (Å²) in [5, 5.41) is 12.2. The van der Waals surface area contributed by atoms with E-state index in [0.29, 0.717) is 31.1 Å². The third-order valence-corrected chi connectivity index (χ3v) is 8.96. The van der Waals surface area contributed by atoms with Gasteiger partial charge in [0.25, 0.3) is 17.7 Å². The number of hydrogen-bond acceptors (Lipinski definition) is 9. The van der Waals surface area contributed by atoms with E-state index >= 15 is 0 Å². The minimum atomic E-state index is -1.02. The monoisotopic (exact) mass is 681 g/mol. The van der Waals surface area contributed by atoms with Crippen molar-refractivity contribution in [3.8, 4) is 11.5 Å². The van der Waals surface area contributed by atoms with Crippen LogP contribution in [0.3, 0.4) is 0 Å². The van der Waals surface area contributed by atoms with Gasteiger partial charge in [0.2, 0.25) is 11.8 Å². The number of ether oxygens (including phenoxy) is 2. The third-order valence-electron chi connectivity index (χ3n) is 8.96. The van der Waals surface area contributed by atoms with E-state index in [2.05, 4.69) is 23.3 Å². The average molecular weight is 682 g/mol. The molecule has 0 saturated carbocycles. The maximum Gasteiger partial charge on any atom is 0.274 e. The topological polar surface area (TPSA) is 160 Å². The molecule has 2 aliphatic heterocycles.